The summed E-state index contributed by atoms with van der Waals surface area (Å²) in [6.45, 7) is 5.87. The van der Waals surface area contributed by atoms with Crippen LogP contribution in [0, 0.1) is 17.8 Å². The molecule has 1 aromatic carbocycles. The van der Waals surface area contributed by atoms with Crippen molar-refractivity contribution >= 4 is 17.8 Å². The molecule has 1 saturated heterocycles. The standard InChI is InChI=1S/C32H49N2O2.CH4/c1-6-24(2)27(23-30(35)29(34(3,4)5)22-25-12-8-7-9-13-25)31(36)33-20-18-32(19-21-33)17-16-26-14-10-11-15-28(26)32;/h10-11,14-17,24-25,27,29H,6-9,12-13,18-23H2,1-5H3;1H4/q+1;/t24-,27?,29-;/m0./s1. The number of quaternary nitrogens is 1. The van der Waals surface area contributed by atoms with E-state index >= 15 is 0 Å². The minimum Gasteiger partial charge on any atom is -0.342 e. The van der Waals surface area contributed by atoms with E-state index < -0.39 is 0 Å². The van der Waals surface area contributed by atoms with Crippen LogP contribution in [0.5, 0.6) is 0 Å². The Hall–Kier alpha value is -1.94. The highest BCUT2D eigenvalue weighted by Gasteiger charge is 2.42. The van der Waals surface area contributed by atoms with Gasteiger partial charge >= 0.3 is 0 Å². The van der Waals surface area contributed by atoms with Gasteiger partial charge in [-0.3, -0.25) is 9.59 Å². The van der Waals surface area contributed by atoms with E-state index in [4.69, 9.17) is 0 Å². The zero-order chi connectivity index (χ0) is 25.9. The predicted octanol–water partition coefficient (Wildman–Crippen LogP) is 6.88. The lowest BCUT2D eigenvalue weighted by Gasteiger charge is -2.41. The van der Waals surface area contributed by atoms with Gasteiger partial charge in [0.05, 0.1) is 21.1 Å². The highest BCUT2D eigenvalue weighted by Crippen LogP contribution is 2.44. The monoisotopic (exact) mass is 509 g/mol. The number of carbonyl (C=O) groups is 2. The number of benzene rings is 1. The second-order valence-electron chi connectivity index (χ2n) is 12.9. The van der Waals surface area contributed by atoms with Crippen molar-refractivity contribution < 1.29 is 14.1 Å². The molecular weight excluding hydrogens is 456 g/mol. The van der Waals surface area contributed by atoms with Crippen LogP contribution in [-0.2, 0) is 15.0 Å². The lowest BCUT2D eigenvalue weighted by atomic mass is 9.74. The largest absolute Gasteiger partial charge is 0.342 e. The fourth-order valence-corrected chi connectivity index (χ4v) is 7.02. The van der Waals surface area contributed by atoms with Gasteiger partial charge in [-0.1, -0.05) is 96.2 Å². The van der Waals surface area contributed by atoms with E-state index in [2.05, 4.69) is 76.3 Å². The molecule has 0 bridgehead atoms. The molecule has 1 amide bonds. The number of rotatable bonds is 9. The van der Waals surface area contributed by atoms with E-state index in [0.29, 0.717) is 22.6 Å². The Morgan fingerprint density at radius 1 is 1.05 bits per heavy atom. The number of carbonyl (C=O) groups excluding carboxylic acids is 2. The van der Waals surface area contributed by atoms with E-state index in [1.165, 1.54) is 43.2 Å². The topological polar surface area (TPSA) is 37.4 Å². The van der Waals surface area contributed by atoms with Gasteiger partial charge in [0.1, 0.15) is 6.04 Å². The second kappa shape index (κ2) is 12.3. The minimum atomic E-state index is -0.205. The molecule has 1 aromatic rings. The molecule has 0 radical (unpaired) electrons. The second-order valence-corrected chi connectivity index (χ2v) is 12.9. The van der Waals surface area contributed by atoms with Crippen LogP contribution in [0.15, 0.2) is 30.3 Å². The van der Waals surface area contributed by atoms with Crippen LogP contribution in [0.3, 0.4) is 0 Å². The lowest BCUT2D eigenvalue weighted by Crippen LogP contribution is -2.52. The summed E-state index contributed by atoms with van der Waals surface area (Å²) in [5.74, 6) is 1.17. The number of allylic oxidation sites excluding steroid dienone is 1. The summed E-state index contributed by atoms with van der Waals surface area (Å²) in [5, 5.41) is 0. The van der Waals surface area contributed by atoms with Gasteiger partial charge in [0.15, 0.2) is 5.78 Å². The van der Waals surface area contributed by atoms with E-state index in [1.54, 1.807) is 0 Å². The molecule has 2 aliphatic carbocycles. The van der Waals surface area contributed by atoms with Crippen LogP contribution in [0.1, 0.15) is 96.6 Å². The molecule has 2 fully saturated rings. The van der Waals surface area contributed by atoms with Crippen molar-refractivity contribution in [2.45, 2.75) is 96.9 Å². The summed E-state index contributed by atoms with van der Waals surface area (Å²) >= 11 is 0. The quantitative estimate of drug-likeness (QED) is 0.340. The Balaban J connectivity index is 0.00000380. The normalized spacial score (nSPS) is 21.7. The number of ketones is 1. The molecule has 4 rings (SSSR count). The molecule has 37 heavy (non-hydrogen) atoms. The van der Waals surface area contributed by atoms with E-state index in [1.807, 2.05) is 0 Å². The number of likely N-dealkylation sites (tertiary alicyclic amines) is 1. The number of nitrogens with zero attached hydrogens (tertiary/aromatic N) is 2. The molecular formula is C33H53N2O2+. The zero-order valence-electron chi connectivity index (χ0n) is 23.5. The smallest absolute Gasteiger partial charge is 0.226 e. The maximum atomic E-state index is 13.9. The fraction of sp³-hybridized carbons (Fsp3) is 0.697. The van der Waals surface area contributed by atoms with Gasteiger partial charge in [0.25, 0.3) is 0 Å². The molecule has 4 heteroatoms. The summed E-state index contributed by atoms with van der Waals surface area (Å²) in [6.07, 6.45) is 15.3. The lowest BCUT2D eigenvalue weighted by molar-refractivity contribution is -0.887. The van der Waals surface area contributed by atoms with Crippen LogP contribution < -0.4 is 0 Å². The van der Waals surface area contributed by atoms with Crippen molar-refractivity contribution in [3.8, 4) is 0 Å². The van der Waals surface area contributed by atoms with Gasteiger partial charge in [0.2, 0.25) is 5.91 Å². The number of fused-ring (bicyclic) bond motifs is 2. The van der Waals surface area contributed by atoms with Crippen molar-refractivity contribution in [3.63, 3.8) is 0 Å². The average molecular weight is 510 g/mol. The van der Waals surface area contributed by atoms with Crippen molar-refractivity contribution in [1.29, 1.82) is 0 Å². The van der Waals surface area contributed by atoms with Gasteiger partial charge in [-0.2, -0.15) is 0 Å². The Kier molecular flexibility index (Phi) is 9.83. The summed E-state index contributed by atoms with van der Waals surface area (Å²) in [7, 11) is 6.47. The third-order valence-corrected chi connectivity index (χ3v) is 9.70. The van der Waals surface area contributed by atoms with Gasteiger partial charge in [-0.05, 0) is 35.8 Å². The van der Waals surface area contributed by atoms with Crippen molar-refractivity contribution in [2.75, 3.05) is 34.2 Å². The molecule has 1 heterocycles. The first-order valence-electron chi connectivity index (χ1n) is 14.6. The molecule has 1 aliphatic heterocycles. The molecule has 1 saturated carbocycles. The number of likely N-dealkylation sites (N-methyl/N-ethyl adjacent to an activating group) is 1. The molecule has 3 aliphatic rings. The van der Waals surface area contributed by atoms with Crippen LogP contribution in [0.2, 0.25) is 0 Å². The van der Waals surface area contributed by atoms with Crippen molar-refractivity contribution in [1.82, 2.24) is 4.90 Å². The van der Waals surface area contributed by atoms with Gasteiger partial charge in [0, 0.05) is 37.3 Å². The van der Waals surface area contributed by atoms with Gasteiger partial charge < -0.3 is 9.38 Å². The Morgan fingerprint density at radius 3 is 2.32 bits per heavy atom. The predicted molar refractivity (Wildman–Crippen MR) is 155 cm³/mol. The molecule has 206 valence electrons. The molecule has 3 atom stereocenters. The van der Waals surface area contributed by atoms with Crippen LogP contribution in [0.4, 0.5) is 0 Å². The molecule has 0 N–H and O–H groups in total. The number of hydrogen-bond donors (Lipinski definition) is 0. The Labute approximate surface area is 227 Å². The highest BCUT2D eigenvalue weighted by atomic mass is 16.2. The SMILES string of the molecule is C.CC[C@H](C)C(CC(=O)[C@H](CC1CCCCC1)[N+](C)(C)C)C(=O)N1CCC2(C=Cc3ccccc32)CC1. The van der Waals surface area contributed by atoms with Crippen molar-refractivity contribution in [3.05, 3.63) is 41.5 Å². The summed E-state index contributed by atoms with van der Waals surface area (Å²) in [5.41, 5.74) is 2.81. The van der Waals surface area contributed by atoms with Crippen molar-refractivity contribution in [2.24, 2.45) is 17.8 Å². The first kappa shape index (κ1) is 29.6. The van der Waals surface area contributed by atoms with E-state index in [0.717, 1.165) is 38.8 Å². The van der Waals surface area contributed by atoms with Crippen LogP contribution >= 0.6 is 0 Å². The number of piperidine rings is 1. The number of hydrogen-bond acceptors (Lipinski definition) is 2. The van der Waals surface area contributed by atoms with Gasteiger partial charge in [-0.15, -0.1) is 0 Å². The van der Waals surface area contributed by atoms with Crippen LogP contribution in [-0.4, -0.2) is 61.3 Å². The number of Topliss-reactive ketones (excluding diaryl/α,β-unsaturated/α-hetero) is 1. The Bertz CT molecular complexity index is 945. The maximum Gasteiger partial charge on any atom is 0.226 e. The van der Waals surface area contributed by atoms with E-state index in [9.17, 15) is 9.59 Å². The third-order valence-electron chi connectivity index (χ3n) is 9.70. The zero-order valence-corrected chi connectivity index (χ0v) is 23.5. The Morgan fingerprint density at radius 2 is 1.70 bits per heavy atom. The minimum absolute atomic E-state index is 0. The highest BCUT2D eigenvalue weighted by molar-refractivity contribution is 5.89. The third kappa shape index (κ3) is 6.56. The molecule has 0 aromatic heterocycles. The van der Waals surface area contributed by atoms with E-state index in [-0.39, 0.29) is 36.6 Å². The van der Waals surface area contributed by atoms with Gasteiger partial charge in [-0.25, -0.2) is 0 Å². The average Bonchev–Trinajstić information content (AvgIpc) is 3.23. The summed E-state index contributed by atoms with van der Waals surface area (Å²) < 4.78 is 0.661. The number of amides is 1. The summed E-state index contributed by atoms with van der Waals surface area (Å²) in [4.78, 5) is 29.8. The maximum absolute atomic E-state index is 13.9. The fourth-order valence-electron chi connectivity index (χ4n) is 7.02. The first-order chi connectivity index (χ1) is 17.1. The molecule has 1 unspecified atom stereocenters. The first-order valence-corrected chi connectivity index (χ1v) is 14.6. The molecule has 1 spiro atoms. The summed E-state index contributed by atoms with van der Waals surface area (Å²) in [6, 6.07) is 8.67. The molecule has 4 nitrogen and oxygen atoms in total. The van der Waals surface area contributed by atoms with Crippen LogP contribution in [0.25, 0.3) is 6.08 Å².